The number of ether oxygens (including phenoxy) is 1. The summed E-state index contributed by atoms with van der Waals surface area (Å²) < 4.78 is 5.46. The summed E-state index contributed by atoms with van der Waals surface area (Å²) in [6, 6.07) is 9.68. The average molecular weight is 216 g/mol. The van der Waals surface area contributed by atoms with Crippen molar-refractivity contribution in [1.82, 2.24) is 15.0 Å². The molecular formula is C11H12N4O. The minimum absolute atomic E-state index is 0.289. The van der Waals surface area contributed by atoms with Crippen LogP contribution in [0.4, 0.5) is 5.95 Å². The lowest BCUT2D eigenvalue weighted by Gasteiger charge is -2.04. The van der Waals surface area contributed by atoms with Crippen molar-refractivity contribution in [2.24, 2.45) is 0 Å². The quantitative estimate of drug-likeness (QED) is 0.848. The Morgan fingerprint density at radius 3 is 2.75 bits per heavy atom. The molecule has 5 heteroatoms. The van der Waals surface area contributed by atoms with E-state index in [0.29, 0.717) is 11.7 Å². The Balaban J connectivity index is 2.12. The molecule has 0 unspecified atom stereocenters. The minimum atomic E-state index is 0.289. The van der Waals surface area contributed by atoms with E-state index in [9.17, 15) is 0 Å². The number of nitrogens with one attached hydrogen (secondary N) is 1. The first-order chi connectivity index (χ1) is 7.88. The summed E-state index contributed by atoms with van der Waals surface area (Å²) in [5, 5.41) is 2.99. The smallest absolute Gasteiger partial charge is 0.326 e. The minimum Gasteiger partial charge on any atom is -0.424 e. The highest BCUT2D eigenvalue weighted by Gasteiger charge is 2.01. The van der Waals surface area contributed by atoms with E-state index in [2.05, 4.69) is 20.3 Å². The Bertz CT molecular complexity index is 447. The van der Waals surface area contributed by atoms with Gasteiger partial charge < -0.3 is 10.1 Å². The highest BCUT2D eigenvalue weighted by Crippen LogP contribution is 2.16. The molecule has 0 saturated carbocycles. The second kappa shape index (κ2) is 5.06. The van der Waals surface area contributed by atoms with Crippen LogP contribution in [-0.2, 0) is 0 Å². The normalized spacial score (nSPS) is 9.81. The maximum Gasteiger partial charge on any atom is 0.326 e. The Labute approximate surface area is 93.5 Å². The van der Waals surface area contributed by atoms with Gasteiger partial charge in [0.05, 0.1) is 0 Å². The fraction of sp³-hybridized carbons (Fsp3) is 0.182. The van der Waals surface area contributed by atoms with Gasteiger partial charge in [-0.25, -0.2) is 4.98 Å². The molecule has 0 saturated heterocycles. The number of hydrogen-bond donors (Lipinski definition) is 1. The molecule has 0 bridgehead atoms. The molecule has 5 nitrogen and oxygen atoms in total. The lowest BCUT2D eigenvalue weighted by molar-refractivity contribution is 0.440. The molecule has 0 aliphatic carbocycles. The number of anilines is 1. The SMILES string of the molecule is CCNc1ncnc(Oc2ccccc2)n1. The van der Waals surface area contributed by atoms with E-state index in [4.69, 9.17) is 4.74 Å². The van der Waals surface area contributed by atoms with Gasteiger partial charge in [-0.05, 0) is 19.1 Å². The summed E-state index contributed by atoms with van der Waals surface area (Å²) in [6.07, 6.45) is 1.42. The van der Waals surface area contributed by atoms with Gasteiger partial charge in [-0.15, -0.1) is 0 Å². The van der Waals surface area contributed by atoms with Crippen molar-refractivity contribution < 1.29 is 4.74 Å². The highest BCUT2D eigenvalue weighted by molar-refractivity contribution is 5.27. The van der Waals surface area contributed by atoms with Crippen LogP contribution in [0, 0.1) is 0 Å². The topological polar surface area (TPSA) is 59.9 Å². The van der Waals surface area contributed by atoms with Crippen molar-refractivity contribution in [3.8, 4) is 11.8 Å². The Morgan fingerprint density at radius 1 is 1.19 bits per heavy atom. The van der Waals surface area contributed by atoms with E-state index in [-0.39, 0.29) is 6.01 Å². The first-order valence-corrected chi connectivity index (χ1v) is 5.04. The first-order valence-electron chi connectivity index (χ1n) is 5.04. The predicted octanol–water partition coefficient (Wildman–Crippen LogP) is 2.10. The zero-order valence-corrected chi connectivity index (χ0v) is 8.92. The summed E-state index contributed by atoms with van der Waals surface area (Å²) >= 11 is 0. The van der Waals surface area contributed by atoms with E-state index >= 15 is 0 Å². The molecule has 1 N–H and O–H groups in total. The zero-order valence-electron chi connectivity index (χ0n) is 8.92. The summed E-state index contributed by atoms with van der Waals surface area (Å²) in [4.78, 5) is 12.0. The average Bonchev–Trinajstić information content (AvgIpc) is 2.31. The van der Waals surface area contributed by atoms with E-state index < -0.39 is 0 Å². The molecule has 16 heavy (non-hydrogen) atoms. The summed E-state index contributed by atoms with van der Waals surface area (Å²) in [6.45, 7) is 2.73. The van der Waals surface area contributed by atoms with Crippen LogP contribution in [-0.4, -0.2) is 21.5 Å². The molecule has 2 rings (SSSR count). The number of benzene rings is 1. The first kappa shape index (κ1) is 10.4. The number of para-hydroxylation sites is 1. The van der Waals surface area contributed by atoms with Gasteiger partial charge in [0.1, 0.15) is 12.1 Å². The van der Waals surface area contributed by atoms with Gasteiger partial charge in [0.15, 0.2) is 0 Å². The number of aromatic nitrogens is 3. The van der Waals surface area contributed by atoms with Crippen molar-refractivity contribution in [3.05, 3.63) is 36.7 Å². The van der Waals surface area contributed by atoms with Gasteiger partial charge in [0.2, 0.25) is 5.95 Å². The summed E-state index contributed by atoms with van der Waals surface area (Å²) in [5.41, 5.74) is 0. The summed E-state index contributed by atoms with van der Waals surface area (Å²) in [5.74, 6) is 1.22. The van der Waals surface area contributed by atoms with E-state index in [1.807, 2.05) is 37.3 Å². The molecule has 0 aliphatic rings. The van der Waals surface area contributed by atoms with Crippen molar-refractivity contribution >= 4 is 5.95 Å². The van der Waals surface area contributed by atoms with Gasteiger partial charge in [0, 0.05) is 6.54 Å². The third-order valence-electron chi connectivity index (χ3n) is 1.84. The van der Waals surface area contributed by atoms with Crippen LogP contribution < -0.4 is 10.1 Å². The van der Waals surface area contributed by atoms with Crippen molar-refractivity contribution in [3.63, 3.8) is 0 Å². The van der Waals surface area contributed by atoms with Crippen molar-refractivity contribution in [2.45, 2.75) is 6.92 Å². The number of hydrogen-bond acceptors (Lipinski definition) is 5. The van der Waals surface area contributed by atoms with Crippen LogP contribution in [0.1, 0.15) is 6.92 Å². The monoisotopic (exact) mass is 216 g/mol. The fourth-order valence-electron chi connectivity index (χ4n) is 1.17. The highest BCUT2D eigenvalue weighted by atomic mass is 16.5. The largest absolute Gasteiger partial charge is 0.424 e. The molecule has 0 fully saturated rings. The van der Waals surface area contributed by atoms with Gasteiger partial charge in [0.25, 0.3) is 0 Å². The van der Waals surface area contributed by atoms with Crippen LogP contribution in [0.2, 0.25) is 0 Å². The van der Waals surface area contributed by atoms with Crippen LogP contribution in [0.5, 0.6) is 11.8 Å². The molecular weight excluding hydrogens is 204 g/mol. The number of rotatable bonds is 4. The molecule has 82 valence electrons. The second-order valence-electron chi connectivity index (χ2n) is 3.04. The molecule has 0 atom stereocenters. The predicted molar refractivity (Wildman–Crippen MR) is 60.5 cm³/mol. The van der Waals surface area contributed by atoms with Gasteiger partial charge in [-0.1, -0.05) is 18.2 Å². The third kappa shape index (κ3) is 2.66. The standard InChI is InChI=1S/C11H12N4O/c1-2-12-10-13-8-14-11(15-10)16-9-6-4-3-5-7-9/h3-8H,2H2,1H3,(H,12,13,14,15). The molecule has 1 aromatic heterocycles. The number of nitrogens with zero attached hydrogens (tertiary/aromatic N) is 3. The lowest BCUT2D eigenvalue weighted by Crippen LogP contribution is -2.03. The zero-order chi connectivity index (χ0) is 11.2. The van der Waals surface area contributed by atoms with Crippen LogP contribution in [0.15, 0.2) is 36.7 Å². The fourth-order valence-corrected chi connectivity index (χ4v) is 1.17. The maximum absolute atomic E-state index is 5.46. The van der Waals surface area contributed by atoms with Crippen LogP contribution in [0.3, 0.4) is 0 Å². The van der Waals surface area contributed by atoms with E-state index in [1.165, 1.54) is 6.33 Å². The molecule has 0 aliphatic heterocycles. The van der Waals surface area contributed by atoms with Crippen molar-refractivity contribution in [2.75, 3.05) is 11.9 Å². The molecule has 2 aromatic rings. The molecule has 1 aromatic carbocycles. The molecule has 1 heterocycles. The van der Waals surface area contributed by atoms with E-state index in [0.717, 1.165) is 6.54 Å². The maximum atomic E-state index is 5.46. The van der Waals surface area contributed by atoms with Crippen LogP contribution >= 0.6 is 0 Å². The van der Waals surface area contributed by atoms with Crippen LogP contribution in [0.25, 0.3) is 0 Å². The van der Waals surface area contributed by atoms with Crippen molar-refractivity contribution in [1.29, 1.82) is 0 Å². The molecule has 0 spiro atoms. The molecule has 0 radical (unpaired) electrons. The van der Waals surface area contributed by atoms with Gasteiger partial charge in [-0.2, -0.15) is 9.97 Å². The molecule has 0 amide bonds. The second-order valence-corrected chi connectivity index (χ2v) is 3.04. The third-order valence-corrected chi connectivity index (χ3v) is 1.84. The van der Waals surface area contributed by atoms with Gasteiger partial charge >= 0.3 is 6.01 Å². The summed E-state index contributed by atoms with van der Waals surface area (Å²) in [7, 11) is 0. The Morgan fingerprint density at radius 2 is 2.00 bits per heavy atom. The Hall–Kier alpha value is -2.17. The Kier molecular flexibility index (Phi) is 3.28. The van der Waals surface area contributed by atoms with Gasteiger partial charge in [-0.3, -0.25) is 0 Å². The van der Waals surface area contributed by atoms with E-state index in [1.54, 1.807) is 0 Å². The lowest BCUT2D eigenvalue weighted by atomic mass is 10.3.